The molecule has 2 aromatic rings. The molecule has 21 heavy (non-hydrogen) atoms. The van der Waals surface area contributed by atoms with Gasteiger partial charge in [-0.05, 0) is 48.9 Å². The third-order valence-electron chi connectivity index (χ3n) is 3.24. The van der Waals surface area contributed by atoms with E-state index < -0.39 is 0 Å². The van der Waals surface area contributed by atoms with E-state index in [9.17, 15) is 4.79 Å². The molecular weight excluding hydrogens is 264 g/mol. The molecule has 0 bridgehead atoms. The van der Waals surface area contributed by atoms with Crippen LogP contribution in [0.15, 0.2) is 48.5 Å². The molecule has 1 amide bonds. The van der Waals surface area contributed by atoms with Gasteiger partial charge in [0.15, 0.2) is 0 Å². The monoisotopic (exact) mass is 280 g/mol. The molecule has 0 saturated carbocycles. The Kier molecular flexibility index (Phi) is 4.57. The van der Waals surface area contributed by atoms with Gasteiger partial charge in [0.1, 0.15) is 5.75 Å². The third kappa shape index (κ3) is 3.61. The van der Waals surface area contributed by atoms with Crippen LogP contribution in [0, 0.1) is 11.3 Å². The number of amides is 1. The molecular formula is C17H16N2O2. The average molecular weight is 280 g/mol. The molecule has 0 aliphatic rings. The standard InChI is InChI=1S/C17H16N2O2/c1-12(14-5-3-13(11-18)4-6-14)19-17(20)15-7-9-16(21-2)10-8-15/h3-10,12H,1-2H3,(H,19,20). The summed E-state index contributed by atoms with van der Waals surface area (Å²) in [5, 5.41) is 11.7. The van der Waals surface area contributed by atoms with E-state index in [1.807, 2.05) is 19.1 Å². The van der Waals surface area contributed by atoms with E-state index in [-0.39, 0.29) is 11.9 Å². The summed E-state index contributed by atoms with van der Waals surface area (Å²) in [6.45, 7) is 1.91. The number of nitrogens with zero attached hydrogens (tertiary/aromatic N) is 1. The molecule has 2 rings (SSSR count). The molecule has 4 heteroatoms. The summed E-state index contributed by atoms with van der Waals surface area (Å²) in [5.74, 6) is 0.571. The molecule has 0 aromatic heterocycles. The predicted molar refractivity (Wildman–Crippen MR) is 80.0 cm³/mol. The van der Waals surface area contributed by atoms with Crippen LogP contribution < -0.4 is 10.1 Å². The first kappa shape index (κ1) is 14.6. The van der Waals surface area contributed by atoms with Crippen LogP contribution in [0.2, 0.25) is 0 Å². The molecule has 1 atom stereocenters. The maximum Gasteiger partial charge on any atom is 0.251 e. The molecule has 1 N–H and O–H groups in total. The SMILES string of the molecule is COc1ccc(C(=O)NC(C)c2ccc(C#N)cc2)cc1. The first-order valence-electron chi connectivity index (χ1n) is 6.59. The zero-order chi connectivity index (χ0) is 15.2. The van der Waals surface area contributed by atoms with Gasteiger partial charge in [0.05, 0.1) is 24.8 Å². The van der Waals surface area contributed by atoms with Crippen molar-refractivity contribution in [2.24, 2.45) is 0 Å². The van der Waals surface area contributed by atoms with Gasteiger partial charge in [0.2, 0.25) is 0 Å². The molecule has 1 unspecified atom stereocenters. The number of nitriles is 1. The second kappa shape index (κ2) is 6.58. The number of rotatable bonds is 4. The van der Waals surface area contributed by atoms with Crippen molar-refractivity contribution in [1.82, 2.24) is 5.32 Å². The number of ether oxygens (including phenoxy) is 1. The van der Waals surface area contributed by atoms with Crippen molar-refractivity contribution in [3.05, 3.63) is 65.2 Å². The van der Waals surface area contributed by atoms with Crippen LogP contribution in [0.5, 0.6) is 5.75 Å². The number of nitrogens with one attached hydrogen (secondary N) is 1. The molecule has 106 valence electrons. The molecule has 0 aliphatic carbocycles. The fourth-order valence-electron chi connectivity index (χ4n) is 1.95. The van der Waals surface area contributed by atoms with Gasteiger partial charge in [-0.15, -0.1) is 0 Å². The highest BCUT2D eigenvalue weighted by atomic mass is 16.5. The zero-order valence-corrected chi connectivity index (χ0v) is 12.0. The minimum Gasteiger partial charge on any atom is -0.497 e. The van der Waals surface area contributed by atoms with Crippen molar-refractivity contribution in [3.8, 4) is 11.8 Å². The average Bonchev–Trinajstić information content (AvgIpc) is 2.55. The normalized spacial score (nSPS) is 11.3. The summed E-state index contributed by atoms with van der Waals surface area (Å²) in [5.41, 5.74) is 2.14. The maximum atomic E-state index is 12.1. The number of carbonyl (C=O) groups is 1. The van der Waals surface area contributed by atoms with Crippen LogP contribution in [0.1, 0.15) is 34.5 Å². The number of carbonyl (C=O) groups excluding carboxylic acids is 1. The minimum absolute atomic E-state index is 0.132. The van der Waals surface area contributed by atoms with Gasteiger partial charge in [-0.1, -0.05) is 12.1 Å². The van der Waals surface area contributed by atoms with E-state index in [4.69, 9.17) is 10.00 Å². The zero-order valence-electron chi connectivity index (χ0n) is 12.0. The molecule has 0 saturated heterocycles. The Labute approximate surface area is 124 Å². The largest absolute Gasteiger partial charge is 0.497 e. The Morgan fingerprint density at radius 3 is 2.29 bits per heavy atom. The summed E-state index contributed by atoms with van der Waals surface area (Å²) < 4.78 is 5.06. The van der Waals surface area contributed by atoms with E-state index in [0.717, 1.165) is 5.56 Å². The minimum atomic E-state index is -0.144. The van der Waals surface area contributed by atoms with Gasteiger partial charge in [0, 0.05) is 5.56 Å². The second-order valence-corrected chi connectivity index (χ2v) is 4.66. The van der Waals surface area contributed by atoms with Crippen molar-refractivity contribution in [3.63, 3.8) is 0 Å². The topological polar surface area (TPSA) is 62.1 Å². The second-order valence-electron chi connectivity index (χ2n) is 4.66. The fraction of sp³-hybridized carbons (Fsp3) is 0.176. The maximum absolute atomic E-state index is 12.1. The summed E-state index contributed by atoms with van der Waals surface area (Å²) in [6, 6.07) is 16.1. The Morgan fingerprint density at radius 2 is 1.76 bits per heavy atom. The van der Waals surface area contributed by atoms with Crippen LogP contribution in [-0.2, 0) is 0 Å². The summed E-state index contributed by atoms with van der Waals surface area (Å²) in [4.78, 5) is 12.1. The lowest BCUT2D eigenvalue weighted by atomic mass is 10.1. The third-order valence-corrected chi connectivity index (χ3v) is 3.24. The molecule has 0 heterocycles. The highest BCUT2D eigenvalue weighted by Crippen LogP contribution is 2.15. The molecule has 4 nitrogen and oxygen atoms in total. The summed E-state index contributed by atoms with van der Waals surface area (Å²) in [6.07, 6.45) is 0. The van der Waals surface area contributed by atoms with Gasteiger partial charge >= 0.3 is 0 Å². The number of hydrogen-bond acceptors (Lipinski definition) is 3. The van der Waals surface area contributed by atoms with Gasteiger partial charge in [-0.25, -0.2) is 0 Å². The fourth-order valence-corrected chi connectivity index (χ4v) is 1.95. The Hall–Kier alpha value is -2.80. The Balaban J connectivity index is 2.05. The molecule has 0 spiro atoms. The predicted octanol–water partition coefficient (Wildman–Crippen LogP) is 3.06. The van der Waals surface area contributed by atoms with Gasteiger partial charge in [-0.3, -0.25) is 4.79 Å². The molecule has 0 radical (unpaired) electrons. The van der Waals surface area contributed by atoms with Crippen LogP contribution in [0.3, 0.4) is 0 Å². The van der Waals surface area contributed by atoms with Gasteiger partial charge in [-0.2, -0.15) is 5.26 Å². The van der Waals surface area contributed by atoms with Gasteiger partial charge < -0.3 is 10.1 Å². The highest BCUT2D eigenvalue weighted by molar-refractivity contribution is 5.94. The van der Waals surface area contributed by atoms with Gasteiger partial charge in [0.25, 0.3) is 5.91 Å². The lowest BCUT2D eigenvalue weighted by molar-refractivity contribution is 0.0940. The van der Waals surface area contributed by atoms with E-state index >= 15 is 0 Å². The lowest BCUT2D eigenvalue weighted by Gasteiger charge is -2.14. The van der Waals surface area contributed by atoms with Crippen LogP contribution in [-0.4, -0.2) is 13.0 Å². The van der Waals surface area contributed by atoms with E-state index in [1.54, 1.807) is 43.5 Å². The summed E-state index contributed by atoms with van der Waals surface area (Å²) >= 11 is 0. The van der Waals surface area contributed by atoms with Crippen molar-refractivity contribution in [1.29, 1.82) is 5.26 Å². The van der Waals surface area contributed by atoms with Crippen LogP contribution in [0.25, 0.3) is 0 Å². The molecule has 0 fully saturated rings. The van der Waals surface area contributed by atoms with E-state index in [1.165, 1.54) is 0 Å². The van der Waals surface area contributed by atoms with Crippen molar-refractivity contribution >= 4 is 5.91 Å². The number of methoxy groups -OCH3 is 1. The van der Waals surface area contributed by atoms with Crippen molar-refractivity contribution in [2.45, 2.75) is 13.0 Å². The number of benzene rings is 2. The van der Waals surface area contributed by atoms with Crippen LogP contribution in [0.4, 0.5) is 0 Å². The molecule has 0 aliphatic heterocycles. The number of hydrogen-bond donors (Lipinski definition) is 1. The van der Waals surface area contributed by atoms with E-state index in [2.05, 4.69) is 11.4 Å². The Morgan fingerprint density at radius 1 is 1.14 bits per heavy atom. The van der Waals surface area contributed by atoms with E-state index in [0.29, 0.717) is 16.9 Å². The van der Waals surface area contributed by atoms with Crippen molar-refractivity contribution in [2.75, 3.05) is 7.11 Å². The lowest BCUT2D eigenvalue weighted by Crippen LogP contribution is -2.26. The molecule has 2 aromatic carbocycles. The van der Waals surface area contributed by atoms with Crippen molar-refractivity contribution < 1.29 is 9.53 Å². The smallest absolute Gasteiger partial charge is 0.251 e. The quantitative estimate of drug-likeness (QED) is 0.936. The first-order chi connectivity index (χ1) is 10.1. The highest BCUT2D eigenvalue weighted by Gasteiger charge is 2.11. The first-order valence-corrected chi connectivity index (χ1v) is 6.59. The Bertz CT molecular complexity index is 655. The van der Waals surface area contributed by atoms with Crippen LogP contribution >= 0.6 is 0 Å². The summed E-state index contributed by atoms with van der Waals surface area (Å²) in [7, 11) is 1.59.